The summed E-state index contributed by atoms with van der Waals surface area (Å²) in [4.78, 5) is 0.749. The van der Waals surface area contributed by atoms with E-state index in [-0.39, 0.29) is 0 Å². The van der Waals surface area contributed by atoms with Crippen LogP contribution in [0.3, 0.4) is 0 Å². The number of nitrogens with zero attached hydrogens (tertiary/aromatic N) is 2. The standard InChI is InChI=1S/C10H8BrClN2OS/c11-7-2-1-6(8(12)4-7)3-9(15)10-5-13-14-16-10/h1-2,4-5,9,15H,3H2. The molecule has 1 unspecified atom stereocenters. The first kappa shape index (κ1) is 12.0. The molecule has 1 heterocycles. The molecule has 84 valence electrons. The topological polar surface area (TPSA) is 46.0 Å². The third-order valence-corrected chi connectivity index (χ3v) is 3.74. The summed E-state index contributed by atoms with van der Waals surface area (Å²) in [6.07, 6.45) is 1.44. The molecule has 2 aromatic rings. The van der Waals surface area contributed by atoms with Crippen LogP contribution in [-0.2, 0) is 6.42 Å². The first-order valence-corrected chi connectivity index (χ1v) is 6.50. The van der Waals surface area contributed by atoms with Crippen molar-refractivity contribution in [3.05, 3.63) is 44.3 Å². The van der Waals surface area contributed by atoms with Crippen LogP contribution >= 0.6 is 39.1 Å². The Balaban J connectivity index is 2.15. The van der Waals surface area contributed by atoms with Crippen molar-refractivity contribution in [2.24, 2.45) is 0 Å². The van der Waals surface area contributed by atoms with Gasteiger partial charge in [0.05, 0.1) is 17.2 Å². The van der Waals surface area contributed by atoms with E-state index in [1.165, 1.54) is 11.5 Å². The van der Waals surface area contributed by atoms with Gasteiger partial charge in [-0.15, -0.1) is 5.10 Å². The van der Waals surface area contributed by atoms with Crippen LogP contribution < -0.4 is 0 Å². The number of rotatable bonds is 3. The second-order valence-corrected chi connectivity index (χ2v) is 5.42. The average Bonchev–Trinajstić information content (AvgIpc) is 2.75. The maximum Gasteiger partial charge on any atom is 0.0954 e. The lowest BCUT2D eigenvalue weighted by atomic mass is 10.1. The number of aromatic nitrogens is 2. The SMILES string of the molecule is OC(Cc1ccc(Br)cc1Cl)c1cnns1. The van der Waals surface area contributed by atoms with Gasteiger partial charge in [-0.25, -0.2) is 0 Å². The smallest absolute Gasteiger partial charge is 0.0954 e. The van der Waals surface area contributed by atoms with Crippen molar-refractivity contribution in [3.8, 4) is 0 Å². The Morgan fingerprint density at radius 1 is 1.50 bits per heavy atom. The molecule has 0 aliphatic carbocycles. The zero-order chi connectivity index (χ0) is 11.5. The van der Waals surface area contributed by atoms with Crippen LogP contribution in [0.25, 0.3) is 0 Å². The van der Waals surface area contributed by atoms with Crippen LogP contribution in [0, 0.1) is 0 Å². The molecular weight excluding hydrogens is 312 g/mol. The van der Waals surface area contributed by atoms with Gasteiger partial charge in [-0.1, -0.05) is 38.1 Å². The van der Waals surface area contributed by atoms with E-state index in [9.17, 15) is 5.11 Å². The summed E-state index contributed by atoms with van der Waals surface area (Å²) in [5, 5.41) is 14.3. The summed E-state index contributed by atoms with van der Waals surface area (Å²) in [7, 11) is 0. The monoisotopic (exact) mass is 318 g/mol. The third kappa shape index (κ3) is 2.79. The molecule has 1 aromatic heterocycles. The van der Waals surface area contributed by atoms with E-state index >= 15 is 0 Å². The molecule has 6 heteroatoms. The first-order valence-electron chi connectivity index (χ1n) is 4.56. The van der Waals surface area contributed by atoms with E-state index in [2.05, 4.69) is 25.5 Å². The fourth-order valence-corrected chi connectivity index (χ4v) is 2.56. The lowest BCUT2D eigenvalue weighted by molar-refractivity contribution is 0.182. The summed E-state index contributed by atoms with van der Waals surface area (Å²) < 4.78 is 4.64. The van der Waals surface area contributed by atoms with Gasteiger partial charge in [-0.3, -0.25) is 0 Å². The van der Waals surface area contributed by atoms with Crippen molar-refractivity contribution in [2.75, 3.05) is 0 Å². The summed E-state index contributed by atoms with van der Waals surface area (Å²) >= 11 is 10.6. The molecule has 2 rings (SSSR count). The molecule has 1 aromatic carbocycles. The van der Waals surface area contributed by atoms with Crippen LogP contribution in [0.15, 0.2) is 28.9 Å². The minimum absolute atomic E-state index is 0.468. The largest absolute Gasteiger partial charge is 0.387 e. The van der Waals surface area contributed by atoms with E-state index in [4.69, 9.17) is 11.6 Å². The fraction of sp³-hybridized carbons (Fsp3) is 0.200. The Hall–Kier alpha value is -0.490. The van der Waals surface area contributed by atoms with Gasteiger partial charge in [-0.2, -0.15) is 0 Å². The van der Waals surface area contributed by atoms with Gasteiger partial charge in [0, 0.05) is 15.9 Å². The highest BCUT2D eigenvalue weighted by atomic mass is 79.9. The third-order valence-electron chi connectivity index (χ3n) is 2.14. The molecule has 0 saturated heterocycles. The van der Waals surface area contributed by atoms with E-state index in [1.807, 2.05) is 18.2 Å². The Bertz CT molecular complexity index is 478. The number of aliphatic hydroxyl groups excluding tert-OH is 1. The second kappa shape index (κ2) is 5.23. The molecule has 1 N–H and O–H groups in total. The van der Waals surface area contributed by atoms with E-state index in [1.54, 1.807) is 6.20 Å². The van der Waals surface area contributed by atoms with Crippen molar-refractivity contribution in [2.45, 2.75) is 12.5 Å². The number of aliphatic hydroxyl groups is 1. The minimum Gasteiger partial charge on any atom is -0.387 e. The van der Waals surface area contributed by atoms with E-state index < -0.39 is 6.10 Å². The highest BCUT2D eigenvalue weighted by Crippen LogP contribution is 2.26. The van der Waals surface area contributed by atoms with Crippen LogP contribution in [-0.4, -0.2) is 14.7 Å². The molecule has 0 aliphatic rings. The fourth-order valence-electron chi connectivity index (χ4n) is 1.32. The van der Waals surface area contributed by atoms with Gasteiger partial charge in [0.1, 0.15) is 0 Å². The number of hydrogen-bond acceptors (Lipinski definition) is 4. The maximum absolute atomic E-state index is 9.92. The maximum atomic E-state index is 9.92. The molecule has 0 spiro atoms. The zero-order valence-electron chi connectivity index (χ0n) is 8.10. The van der Waals surface area contributed by atoms with Gasteiger partial charge in [0.2, 0.25) is 0 Å². The number of benzene rings is 1. The van der Waals surface area contributed by atoms with Gasteiger partial charge in [0.25, 0.3) is 0 Å². The van der Waals surface area contributed by atoms with Crippen molar-refractivity contribution < 1.29 is 5.11 Å². The summed E-state index contributed by atoms with van der Waals surface area (Å²) in [5.41, 5.74) is 0.908. The van der Waals surface area contributed by atoms with Gasteiger partial charge in [-0.05, 0) is 29.2 Å². The van der Waals surface area contributed by atoms with E-state index in [0.717, 1.165) is 14.9 Å². The molecule has 0 fully saturated rings. The van der Waals surface area contributed by atoms with Crippen molar-refractivity contribution in [1.82, 2.24) is 9.59 Å². The molecule has 0 amide bonds. The number of halogens is 2. The molecule has 1 atom stereocenters. The quantitative estimate of drug-likeness (QED) is 0.945. The molecule has 0 aliphatic heterocycles. The molecule has 16 heavy (non-hydrogen) atoms. The summed E-state index contributed by atoms with van der Waals surface area (Å²) in [6, 6.07) is 5.61. The molecule has 0 saturated carbocycles. The number of hydrogen-bond donors (Lipinski definition) is 1. The average molecular weight is 320 g/mol. The molecule has 0 bridgehead atoms. The van der Waals surface area contributed by atoms with Crippen LogP contribution in [0.1, 0.15) is 16.5 Å². The van der Waals surface area contributed by atoms with Crippen LogP contribution in [0.4, 0.5) is 0 Å². The van der Waals surface area contributed by atoms with Crippen molar-refractivity contribution in [1.29, 1.82) is 0 Å². The Morgan fingerprint density at radius 3 is 2.94 bits per heavy atom. The molecule has 0 radical (unpaired) electrons. The van der Waals surface area contributed by atoms with Gasteiger partial charge < -0.3 is 5.11 Å². The van der Waals surface area contributed by atoms with Crippen LogP contribution in [0.5, 0.6) is 0 Å². The molecular formula is C10H8BrClN2OS. The predicted molar refractivity (Wildman–Crippen MR) is 67.7 cm³/mol. The highest BCUT2D eigenvalue weighted by molar-refractivity contribution is 9.10. The highest BCUT2D eigenvalue weighted by Gasteiger charge is 2.13. The van der Waals surface area contributed by atoms with Gasteiger partial charge in [0.15, 0.2) is 0 Å². The Kier molecular flexibility index (Phi) is 3.91. The van der Waals surface area contributed by atoms with Gasteiger partial charge >= 0.3 is 0 Å². The van der Waals surface area contributed by atoms with Crippen molar-refractivity contribution >= 4 is 39.1 Å². The van der Waals surface area contributed by atoms with Crippen molar-refractivity contribution in [3.63, 3.8) is 0 Å². The second-order valence-electron chi connectivity index (χ2n) is 3.28. The lowest BCUT2D eigenvalue weighted by Gasteiger charge is -2.09. The normalized spacial score (nSPS) is 12.7. The predicted octanol–water partition coefficient (Wildman–Crippen LogP) is 3.23. The first-order chi connectivity index (χ1) is 7.66. The van der Waals surface area contributed by atoms with E-state index in [0.29, 0.717) is 11.4 Å². The minimum atomic E-state index is -0.598. The zero-order valence-corrected chi connectivity index (χ0v) is 11.3. The Morgan fingerprint density at radius 2 is 2.31 bits per heavy atom. The summed E-state index contributed by atoms with van der Waals surface area (Å²) in [5.74, 6) is 0. The summed E-state index contributed by atoms with van der Waals surface area (Å²) in [6.45, 7) is 0. The van der Waals surface area contributed by atoms with Crippen LogP contribution in [0.2, 0.25) is 5.02 Å². The molecule has 3 nitrogen and oxygen atoms in total. The lowest BCUT2D eigenvalue weighted by Crippen LogP contribution is -2.00. The Labute approximate surface area is 110 Å².